The van der Waals surface area contributed by atoms with Crippen molar-refractivity contribution >= 4 is 21.8 Å². The molecule has 0 spiro atoms. The quantitative estimate of drug-likeness (QED) is 0.853. The van der Waals surface area contributed by atoms with Crippen molar-refractivity contribution in [3.63, 3.8) is 0 Å². The average molecular weight is 379 g/mol. The molecule has 1 aromatic rings. The predicted molar refractivity (Wildman–Crippen MR) is 81.4 cm³/mol. The second kappa shape index (κ2) is 7.97. The lowest BCUT2D eigenvalue weighted by Crippen LogP contribution is -2.46. The monoisotopic (exact) mass is 378 g/mol. The van der Waals surface area contributed by atoms with Gasteiger partial charge in [-0.15, -0.1) is 0 Å². The van der Waals surface area contributed by atoms with Gasteiger partial charge in [0, 0.05) is 19.1 Å². The molecule has 0 unspecified atom stereocenters. The third-order valence-electron chi connectivity index (χ3n) is 3.70. The number of alkyl halides is 2. The molecule has 1 aliphatic rings. The van der Waals surface area contributed by atoms with Gasteiger partial charge in [-0.3, -0.25) is 9.69 Å². The fourth-order valence-electron chi connectivity index (χ4n) is 2.57. The van der Waals surface area contributed by atoms with Crippen LogP contribution >= 0.6 is 15.9 Å². The number of piperidine rings is 1. The number of likely N-dealkylation sites (tertiary alicyclic amines) is 1. The Morgan fingerprint density at radius 3 is 2.64 bits per heavy atom. The van der Waals surface area contributed by atoms with E-state index in [-0.39, 0.29) is 30.7 Å². The molecule has 22 heavy (non-hydrogen) atoms. The Hall–Kier alpha value is -1.08. The first-order valence-electron chi connectivity index (χ1n) is 7.18. The van der Waals surface area contributed by atoms with Crippen LogP contribution < -0.4 is 5.32 Å². The maximum Gasteiger partial charge on any atom is 0.251 e. The van der Waals surface area contributed by atoms with Gasteiger partial charge in [0.25, 0.3) is 6.43 Å². The molecule has 122 valence electrons. The van der Waals surface area contributed by atoms with E-state index in [1.807, 2.05) is 0 Å². The molecule has 0 aromatic heterocycles. The minimum absolute atomic E-state index is 0.0188. The standard InChI is InChI=1S/C15H18BrF3N2O/c16-12-7-10(1-2-13(12)17)8-15(22)20-11-3-5-21(6-4-11)9-14(18)19/h1-2,7,11,14H,3-6,8-9H2,(H,20,22). The number of hydrogen-bond donors (Lipinski definition) is 1. The summed E-state index contributed by atoms with van der Waals surface area (Å²) >= 11 is 3.09. The SMILES string of the molecule is O=C(Cc1ccc(F)c(Br)c1)NC1CCN(CC(F)F)CC1. The number of carbonyl (C=O) groups is 1. The Kier molecular flexibility index (Phi) is 6.26. The fraction of sp³-hybridized carbons (Fsp3) is 0.533. The van der Waals surface area contributed by atoms with Gasteiger partial charge in [0.15, 0.2) is 0 Å². The first-order valence-corrected chi connectivity index (χ1v) is 7.97. The number of nitrogens with zero attached hydrogens (tertiary/aromatic N) is 1. The Morgan fingerprint density at radius 2 is 2.05 bits per heavy atom. The van der Waals surface area contributed by atoms with E-state index in [0.717, 1.165) is 5.56 Å². The molecule has 1 heterocycles. The van der Waals surface area contributed by atoms with Gasteiger partial charge in [0.2, 0.25) is 5.91 Å². The van der Waals surface area contributed by atoms with Crippen LogP contribution in [-0.2, 0) is 11.2 Å². The maximum atomic E-state index is 13.1. The summed E-state index contributed by atoms with van der Waals surface area (Å²) in [6.07, 6.45) is -0.796. The molecule has 7 heteroatoms. The molecule has 0 radical (unpaired) electrons. The summed E-state index contributed by atoms with van der Waals surface area (Å²) in [5.74, 6) is -0.499. The van der Waals surface area contributed by atoms with Crippen LogP contribution in [0.5, 0.6) is 0 Å². The minimum atomic E-state index is -2.32. The van der Waals surface area contributed by atoms with E-state index in [2.05, 4.69) is 21.2 Å². The first-order chi connectivity index (χ1) is 10.4. The van der Waals surface area contributed by atoms with Crippen LogP contribution in [0.4, 0.5) is 13.2 Å². The second-order valence-corrected chi connectivity index (χ2v) is 6.31. The Bertz CT molecular complexity index is 520. The highest BCUT2D eigenvalue weighted by molar-refractivity contribution is 9.10. The summed E-state index contributed by atoms with van der Waals surface area (Å²) in [6.45, 7) is 0.930. The summed E-state index contributed by atoms with van der Waals surface area (Å²) in [5, 5.41) is 2.91. The van der Waals surface area contributed by atoms with E-state index in [1.54, 1.807) is 17.0 Å². The molecule has 0 bridgehead atoms. The Morgan fingerprint density at radius 1 is 1.36 bits per heavy atom. The number of amides is 1. The lowest BCUT2D eigenvalue weighted by molar-refractivity contribution is -0.121. The first kappa shape index (κ1) is 17.3. The van der Waals surface area contributed by atoms with Crippen LogP contribution in [0.15, 0.2) is 22.7 Å². The molecule has 1 amide bonds. The van der Waals surface area contributed by atoms with E-state index in [0.29, 0.717) is 30.4 Å². The highest BCUT2D eigenvalue weighted by Crippen LogP contribution is 2.17. The highest BCUT2D eigenvalue weighted by atomic mass is 79.9. The van der Waals surface area contributed by atoms with Crippen molar-refractivity contribution < 1.29 is 18.0 Å². The summed E-state index contributed by atoms with van der Waals surface area (Å²) in [4.78, 5) is 13.7. The summed E-state index contributed by atoms with van der Waals surface area (Å²) in [5.41, 5.74) is 0.723. The van der Waals surface area contributed by atoms with Crippen molar-refractivity contribution in [1.82, 2.24) is 10.2 Å². The van der Waals surface area contributed by atoms with Gasteiger partial charge in [-0.1, -0.05) is 6.07 Å². The number of carbonyl (C=O) groups excluding carboxylic acids is 1. The number of halogens is 4. The van der Waals surface area contributed by atoms with Gasteiger partial charge in [-0.05, 0) is 46.5 Å². The van der Waals surface area contributed by atoms with Crippen LogP contribution in [0.25, 0.3) is 0 Å². The lowest BCUT2D eigenvalue weighted by atomic mass is 10.0. The third-order valence-corrected chi connectivity index (χ3v) is 4.31. The third kappa shape index (κ3) is 5.28. The molecular weight excluding hydrogens is 361 g/mol. The Balaban J connectivity index is 1.77. The predicted octanol–water partition coefficient (Wildman–Crippen LogP) is 2.98. The number of nitrogens with one attached hydrogen (secondary N) is 1. The maximum absolute atomic E-state index is 13.1. The van der Waals surface area contributed by atoms with Gasteiger partial charge in [0.05, 0.1) is 17.4 Å². The minimum Gasteiger partial charge on any atom is -0.353 e. The molecular formula is C15H18BrF3N2O. The normalized spacial score (nSPS) is 17.0. The van der Waals surface area contributed by atoms with Crippen molar-refractivity contribution in [3.05, 3.63) is 34.1 Å². The molecule has 0 atom stereocenters. The molecule has 0 aliphatic carbocycles. The van der Waals surface area contributed by atoms with Crippen molar-refractivity contribution in [3.8, 4) is 0 Å². The molecule has 1 saturated heterocycles. The van der Waals surface area contributed by atoms with E-state index < -0.39 is 6.43 Å². The zero-order chi connectivity index (χ0) is 16.1. The average Bonchev–Trinajstić information content (AvgIpc) is 2.44. The fourth-order valence-corrected chi connectivity index (χ4v) is 2.99. The van der Waals surface area contributed by atoms with Crippen LogP contribution in [0.2, 0.25) is 0 Å². The van der Waals surface area contributed by atoms with E-state index in [9.17, 15) is 18.0 Å². The highest BCUT2D eigenvalue weighted by Gasteiger charge is 2.22. The molecule has 1 fully saturated rings. The van der Waals surface area contributed by atoms with E-state index in [1.165, 1.54) is 6.07 Å². The largest absolute Gasteiger partial charge is 0.353 e. The number of hydrogen-bond acceptors (Lipinski definition) is 2. The van der Waals surface area contributed by atoms with Crippen LogP contribution in [0.1, 0.15) is 18.4 Å². The molecule has 1 aliphatic heterocycles. The van der Waals surface area contributed by atoms with Crippen LogP contribution in [0, 0.1) is 5.82 Å². The molecule has 3 nitrogen and oxygen atoms in total. The summed E-state index contributed by atoms with van der Waals surface area (Å²) < 4.78 is 38.0. The van der Waals surface area contributed by atoms with Crippen LogP contribution in [-0.4, -0.2) is 42.9 Å². The van der Waals surface area contributed by atoms with Gasteiger partial charge >= 0.3 is 0 Å². The second-order valence-electron chi connectivity index (χ2n) is 5.46. The number of benzene rings is 1. The van der Waals surface area contributed by atoms with Gasteiger partial charge in [-0.25, -0.2) is 13.2 Å². The van der Waals surface area contributed by atoms with Crippen molar-refractivity contribution in [2.45, 2.75) is 31.7 Å². The molecule has 2 rings (SSSR count). The van der Waals surface area contributed by atoms with E-state index >= 15 is 0 Å². The van der Waals surface area contributed by atoms with Gasteiger partial charge in [-0.2, -0.15) is 0 Å². The van der Waals surface area contributed by atoms with Crippen molar-refractivity contribution in [2.24, 2.45) is 0 Å². The van der Waals surface area contributed by atoms with Gasteiger partial charge in [0.1, 0.15) is 5.82 Å². The summed E-state index contributed by atoms with van der Waals surface area (Å²) in [6, 6.07) is 4.49. The zero-order valence-corrected chi connectivity index (χ0v) is 13.6. The van der Waals surface area contributed by atoms with Crippen LogP contribution in [0.3, 0.4) is 0 Å². The van der Waals surface area contributed by atoms with E-state index in [4.69, 9.17) is 0 Å². The van der Waals surface area contributed by atoms with Gasteiger partial charge < -0.3 is 5.32 Å². The molecule has 1 N–H and O–H groups in total. The number of rotatable bonds is 5. The summed E-state index contributed by atoms with van der Waals surface area (Å²) in [7, 11) is 0. The topological polar surface area (TPSA) is 32.3 Å². The lowest BCUT2D eigenvalue weighted by Gasteiger charge is -2.32. The zero-order valence-electron chi connectivity index (χ0n) is 12.0. The van der Waals surface area contributed by atoms with Crippen molar-refractivity contribution in [2.75, 3.05) is 19.6 Å². The molecule has 1 aromatic carbocycles. The Labute approximate surface area is 136 Å². The smallest absolute Gasteiger partial charge is 0.251 e. The molecule has 0 saturated carbocycles. The van der Waals surface area contributed by atoms with Crippen molar-refractivity contribution in [1.29, 1.82) is 0 Å².